The first-order valence-corrected chi connectivity index (χ1v) is 6.70. The van der Waals surface area contributed by atoms with Crippen LogP contribution in [-0.4, -0.2) is 11.0 Å². The molecule has 0 saturated heterocycles. The summed E-state index contributed by atoms with van der Waals surface area (Å²) >= 11 is 1.82. The van der Waals surface area contributed by atoms with Crippen LogP contribution >= 0.6 is 11.3 Å². The summed E-state index contributed by atoms with van der Waals surface area (Å²) in [5, 5.41) is 4.96. The van der Waals surface area contributed by atoms with Crippen molar-refractivity contribution >= 4 is 11.3 Å². The topological polar surface area (TPSA) is 24.9 Å². The Bertz CT molecular complexity index is 317. The third-order valence-corrected chi connectivity index (χ3v) is 4.17. The molecule has 1 fully saturated rings. The lowest BCUT2D eigenvalue weighted by Crippen LogP contribution is -2.31. The Hall–Kier alpha value is -0.410. The largest absolute Gasteiger partial charge is 0.305 e. The number of thiazole rings is 1. The number of rotatable bonds is 5. The molecule has 2 rings (SSSR count). The first kappa shape index (κ1) is 11.1. The monoisotopic (exact) mass is 224 g/mol. The highest BCUT2D eigenvalue weighted by atomic mass is 32.1. The fourth-order valence-electron chi connectivity index (χ4n) is 1.95. The van der Waals surface area contributed by atoms with E-state index in [1.54, 1.807) is 0 Å². The van der Waals surface area contributed by atoms with E-state index in [0.29, 0.717) is 12.1 Å². The number of hydrogen-bond donors (Lipinski definition) is 1. The number of aromatic nitrogens is 1. The van der Waals surface area contributed by atoms with Crippen LogP contribution in [0.1, 0.15) is 49.0 Å². The van der Waals surface area contributed by atoms with Crippen LogP contribution in [0.3, 0.4) is 0 Å². The molecule has 0 radical (unpaired) electrons. The van der Waals surface area contributed by atoms with Crippen molar-refractivity contribution in [3.8, 4) is 0 Å². The minimum atomic E-state index is 0.458. The van der Waals surface area contributed by atoms with Gasteiger partial charge in [0.1, 0.15) is 5.01 Å². The minimum absolute atomic E-state index is 0.458. The smallest absolute Gasteiger partial charge is 0.110 e. The molecule has 2 nitrogen and oxygen atoms in total. The standard InChI is InChI=1S/C12H20N2S/c1-4-11(12-13-7-8(2)15-12)14-9(3)10-5-6-10/h7,9-11,14H,4-6H2,1-3H3. The van der Waals surface area contributed by atoms with Gasteiger partial charge in [-0.2, -0.15) is 0 Å². The molecule has 15 heavy (non-hydrogen) atoms. The Kier molecular flexibility index (Phi) is 3.42. The van der Waals surface area contributed by atoms with Gasteiger partial charge in [-0.25, -0.2) is 4.98 Å². The highest BCUT2D eigenvalue weighted by Gasteiger charge is 2.29. The maximum atomic E-state index is 4.48. The van der Waals surface area contributed by atoms with Crippen LogP contribution in [0.15, 0.2) is 6.20 Å². The van der Waals surface area contributed by atoms with Crippen molar-refractivity contribution in [1.29, 1.82) is 0 Å². The minimum Gasteiger partial charge on any atom is -0.305 e. The van der Waals surface area contributed by atoms with E-state index in [1.807, 2.05) is 17.5 Å². The van der Waals surface area contributed by atoms with Crippen molar-refractivity contribution in [3.63, 3.8) is 0 Å². The van der Waals surface area contributed by atoms with Gasteiger partial charge in [0.25, 0.3) is 0 Å². The van der Waals surface area contributed by atoms with Gasteiger partial charge in [0.2, 0.25) is 0 Å². The molecule has 2 atom stereocenters. The van der Waals surface area contributed by atoms with Crippen molar-refractivity contribution < 1.29 is 0 Å². The van der Waals surface area contributed by atoms with Crippen LogP contribution in [-0.2, 0) is 0 Å². The van der Waals surface area contributed by atoms with Crippen LogP contribution < -0.4 is 5.32 Å². The van der Waals surface area contributed by atoms with Gasteiger partial charge in [-0.05, 0) is 39.0 Å². The molecule has 1 aliphatic rings. The van der Waals surface area contributed by atoms with Crippen molar-refractivity contribution in [2.45, 2.75) is 52.1 Å². The van der Waals surface area contributed by atoms with Gasteiger partial charge in [0, 0.05) is 17.1 Å². The molecule has 0 spiro atoms. The molecule has 2 unspecified atom stereocenters. The molecule has 3 heteroatoms. The maximum absolute atomic E-state index is 4.48. The van der Waals surface area contributed by atoms with Gasteiger partial charge in [-0.15, -0.1) is 11.3 Å². The predicted octanol–water partition coefficient (Wildman–Crippen LogP) is 3.29. The van der Waals surface area contributed by atoms with Crippen LogP contribution in [0.2, 0.25) is 0 Å². The number of hydrogen-bond acceptors (Lipinski definition) is 3. The van der Waals surface area contributed by atoms with Gasteiger partial charge >= 0.3 is 0 Å². The summed E-state index contributed by atoms with van der Waals surface area (Å²) in [6, 6.07) is 1.11. The zero-order valence-electron chi connectivity index (χ0n) is 9.79. The van der Waals surface area contributed by atoms with E-state index in [0.717, 1.165) is 12.3 Å². The first-order chi connectivity index (χ1) is 7.20. The van der Waals surface area contributed by atoms with E-state index >= 15 is 0 Å². The Morgan fingerprint density at radius 2 is 2.33 bits per heavy atom. The summed E-state index contributed by atoms with van der Waals surface area (Å²) < 4.78 is 0. The second kappa shape index (κ2) is 4.62. The Morgan fingerprint density at radius 3 is 2.80 bits per heavy atom. The summed E-state index contributed by atoms with van der Waals surface area (Å²) in [6.45, 7) is 6.66. The van der Waals surface area contributed by atoms with Crippen molar-refractivity contribution in [2.75, 3.05) is 0 Å². The van der Waals surface area contributed by atoms with E-state index in [2.05, 4.69) is 31.1 Å². The maximum Gasteiger partial charge on any atom is 0.110 e. The summed E-state index contributed by atoms with van der Waals surface area (Å²) in [5.41, 5.74) is 0. The molecule has 0 aliphatic heterocycles. The SMILES string of the molecule is CCC(NC(C)C1CC1)c1ncc(C)s1. The normalized spacial score (nSPS) is 20.2. The molecule has 0 bridgehead atoms. The first-order valence-electron chi connectivity index (χ1n) is 5.89. The lowest BCUT2D eigenvalue weighted by molar-refractivity contribution is 0.413. The molecule has 0 amide bonds. The lowest BCUT2D eigenvalue weighted by atomic mass is 10.1. The molecular weight excluding hydrogens is 204 g/mol. The third-order valence-electron chi connectivity index (χ3n) is 3.14. The van der Waals surface area contributed by atoms with E-state index in [4.69, 9.17) is 0 Å². The van der Waals surface area contributed by atoms with E-state index < -0.39 is 0 Å². The van der Waals surface area contributed by atoms with Crippen molar-refractivity contribution in [1.82, 2.24) is 10.3 Å². The highest BCUT2D eigenvalue weighted by molar-refractivity contribution is 7.11. The van der Waals surface area contributed by atoms with Gasteiger partial charge in [-0.1, -0.05) is 6.92 Å². The average Bonchev–Trinajstić information content (AvgIpc) is 2.98. The molecule has 1 aliphatic carbocycles. The Morgan fingerprint density at radius 1 is 1.60 bits per heavy atom. The number of nitrogens with one attached hydrogen (secondary N) is 1. The molecule has 1 saturated carbocycles. The molecule has 1 heterocycles. The van der Waals surface area contributed by atoms with Crippen LogP contribution in [0.25, 0.3) is 0 Å². The molecule has 84 valence electrons. The van der Waals surface area contributed by atoms with Crippen LogP contribution in [0.4, 0.5) is 0 Å². The highest BCUT2D eigenvalue weighted by Crippen LogP contribution is 2.34. The summed E-state index contributed by atoms with van der Waals surface area (Å²) in [7, 11) is 0. The third kappa shape index (κ3) is 2.79. The van der Waals surface area contributed by atoms with Gasteiger partial charge in [-0.3, -0.25) is 0 Å². The summed E-state index contributed by atoms with van der Waals surface area (Å²) in [5.74, 6) is 0.917. The summed E-state index contributed by atoms with van der Waals surface area (Å²) in [6.07, 6.45) is 5.92. The van der Waals surface area contributed by atoms with Crippen LogP contribution in [0.5, 0.6) is 0 Å². The van der Waals surface area contributed by atoms with E-state index in [-0.39, 0.29) is 0 Å². The molecule has 0 aromatic carbocycles. The lowest BCUT2D eigenvalue weighted by Gasteiger charge is -2.20. The van der Waals surface area contributed by atoms with Gasteiger partial charge in [0.05, 0.1) is 6.04 Å². The fourth-order valence-corrected chi connectivity index (χ4v) is 2.86. The molecular formula is C12H20N2S. The van der Waals surface area contributed by atoms with E-state index in [1.165, 1.54) is 22.7 Å². The van der Waals surface area contributed by atoms with E-state index in [9.17, 15) is 0 Å². The summed E-state index contributed by atoms with van der Waals surface area (Å²) in [4.78, 5) is 5.79. The number of aryl methyl sites for hydroxylation is 1. The Balaban J connectivity index is 1.97. The number of nitrogens with zero attached hydrogens (tertiary/aromatic N) is 1. The molecule has 1 aromatic rings. The second-order valence-electron chi connectivity index (χ2n) is 4.56. The van der Waals surface area contributed by atoms with Gasteiger partial charge in [0.15, 0.2) is 0 Å². The molecule has 1 aromatic heterocycles. The quantitative estimate of drug-likeness (QED) is 0.830. The predicted molar refractivity (Wildman–Crippen MR) is 65.2 cm³/mol. The second-order valence-corrected chi connectivity index (χ2v) is 5.83. The van der Waals surface area contributed by atoms with Gasteiger partial charge < -0.3 is 5.32 Å². The molecule has 1 N–H and O–H groups in total. The van der Waals surface area contributed by atoms with Crippen LogP contribution in [0, 0.1) is 12.8 Å². The Labute approximate surface area is 96.1 Å². The average molecular weight is 224 g/mol. The zero-order valence-corrected chi connectivity index (χ0v) is 10.6. The zero-order chi connectivity index (χ0) is 10.8. The fraction of sp³-hybridized carbons (Fsp3) is 0.750. The van der Waals surface area contributed by atoms with Crippen molar-refractivity contribution in [2.24, 2.45) is 5.92 Å². The van der Waals surface area contributed by atoms with Crippen molar-refractivity contribution in [3.05, 3.63) is 16.1 Å².